The highest BCUT2D eigenvalue weighted by molar-refractivity contribution is 7.47. The van der Waals surface area contributed by atoms with E-state index >= 15 is 0 Å². The molecule has 0 aromatic heterocycles. The third-order valence-electron chi connectivity index (χ3n) is 13.6. The summed E-state index contributed by atoms with van der Waals surface area (Å²) >= 11 is 0. The van der Waals surface area contributed by atoms with Gasteiger partial charge in [0.2, 0.25) is 0 Å². The highest BCUT2D eigenvalue weighted by Crippen LogP contribution is 2.47. The molecule has 0 spiro atoms. The molecule has 0 saturated heterocycles. The van der Waals surface area contributed by atoms with Crippen LogP contribution < -0.4 is 0 Å². The van der Waals surface area contributed by atoms with E-state index in [1.807, 2.05) is 0 Å². The average Bonchev–Trinajstić information content (AvgIpc) is 3.33. The molecule has 0 heterocycles. The van der Waals surface area contributed by atoms with Gasteiger partial charge in [-0.05, 0) is 38.5 Å². The van der Waals surface area contributed by atoms with Crippen molar-refractivity contribution in [2.24, 2.45) is 0 Å². The molecular formula is C55H105O13P. The fourth-order valence-corrected chi connectivity index (χ4v) is 10.0. The first-order chi connectivity index (χ1) is 33.4. The zero-order chi connectivity index (χ0) is 50.6. The summed E-state index contributed by atoms with van der Waals surface area (Å²) in [6, 6.07) is 0. The minimum atomic E-state index is -5.12. The minimum Gasteiger partial charge on any atom is -0.462 e. The number of hydrogen-bond donors (Lipinski definition) is 6. The molecule has 0 aromatic rings. The number of esters is 2. The van der Waals surface area contributed by atoms with Gasteiger partial charge in [-0.25, -0.2) is 4.57 Å². The topological polar surface area (TPSA) is 210 Å². The second kappa shape index (κ2) is 45.2. The molecule has 1 fully saturated rings. The van der Waals surface area contributed by atoms with Crippen molar-refractivity contribution < 1.29 is 63.1 Å². The summed E-state index contributed by atoms with van der Waals surface area (Å²) in [6.07, 6.45) is 38.3. The van der Waals surface area contributed by atoms with Crippen LogP contribution in [-0.4, -0.2) is 98.3 Å². The van der Waals surface area contributed by atoms with E-state index in [9.17, 15) is 44.6 Å². The van der Waals surface area contributed by atoms with E-state index in [4.69, 9.17) is 18.5 Å². The summed E-state index contributed by atoms with van der Waals surface area (Å²) in [5, 5.41) is 50.3. The molecule has 6 N–H and O–H groups in total. The van der Waals surface area contributed by atoms with Crippen molar-refractivity contribution in [2.45, 2.75) is 313 Å². The van der Waals surface area contributed by atoms with Crippen molar-refractivity contribution in [3.05, 3.63) is 12.2 Å². The minimum absolute atomic E-state index is 0.0991. The molecule has 0 radical (unpaired) electrons. The number of phosphoric ester groups is 1. The smallest absolute Gasteiger partial charge is 0.462 e. The van der Waals surface area contributed by atoms with Gasteiger partial charge in [0.15, 0.2) is 6.10 Å². The summed E-state index contributed by atoms with van der Waals surface area (Å²) in [5.74, 6) is -1.08. The van der Waals surface area contributed by atoms with Crippen LogP contribution in [0.5, 0.6) is 0 Å². The summed E-state index contributed by atoms with van der Waals surface area (Å²) in [6.45, 7) is 3.35. The number of ether oxygens (including phenoxy) is 2. The van der Waals surface area contributed by atoms with E-state index < -0.39 is 75.7 Å². The van der Waals surface area contributed by atoms with Gasteiger partial charge in [0.1, 0.15) is 43.2 Å². The maximum absolute atomic E-state index is 12.9. The lowest BCUT2D eigenvalue weighted by molar-refractivity contribution is -0.220. The second-order valence-electron chi connectivity index (χ2n) is 20.2. The van der Waals surface area contributed by atoms with Gasteiger partial charge in [0.05, 0.1) is 6.61 Å². The Balaban J connectivity index is 2.31. The lowest BCUT2D eigenvalue weighted by Gasteiger charge is -2.41. The molecule has 1 saturated carbocycles. The van der Waals surface area contributed by atoms with Crippen LogP contribution in [0.15, 0.2) is 12.2 Å². The third kappa shape index (κ3) is 37.1. The fourth-order valence-electron chi connectivity index (χ4n) is 9.05. The Bertz CT molecular complexity index is 1250. The summed E-state index contributed by atoms with van der Waals surface area (Å²) < 4.78 is 33.7. The summed E-state index contributed by atoms with van der Waals surface area (Å²) in [4.78, 5) is 35.9. The molecule has 0 bridgehead atoms. The van der Waals surface area contributed by atoms with Gasteiger partial charge < -0.3 is 39.9 Å². The van der Waals surface area contributed by atoms with Gasteiger partial charge in [-0.15, -0.1) is 0 Å². The Hall–Kier alpha value is -1.41. The Morgan fingerprint density at radius 3 is 1.12 bits per heavy atom. The van der Waals surface area contributed by atoms with E-state index in [0.717, 1.165) is 51.4 Å². The second-order valence-corrected chi connectivity index (χ2v) is 21.6. The maximum atomic E-state index is 12.9. The van der Waals surface area contributed by atoms with E-state index in [-0.39, 0.29) is 12.8 Å². The molecule has 0 aromatic carbocycles. The standard InChI is InChI=1S/C55H105O13P/c1-3-5-7-9-11-13-15-17-19-21-22-23-24-25-26-28-29-31-33-35-37-39-41-43-48(56)65-45-47(46-66-69(63,64)68-55-53(61)51(59)50(58)52(60)54(55)62)67-49(57)44-42-40-38-36-34-32-30-27-20-18-16-14-12-10-8-6-4-2/h14,16,47,50-55,58-62H,3-13,15,17-46H2,1-2H3,(H,63,64)/b16-14+/t47-,50?,51-,52?,53?,54?,55?/m0/s1. The molecular weight excluding hydrogens is 900 g/mol. The Morgan fingerprint density at radius 2 is 0.739 bits per heavy atom. The number of carbonyl (C=O) groups excluding carboxylic acids is 2. The molecule has 13 nitrogen and oxygen atoms in total. The number of aliphatic hydroxyl groups is 5. The number of aliphatic hydroxyl groups excluding tert-OH is 5. The van der Waals surface area contributed by atoms with Crippen molar-refractivity contribution in [3.63, 3.8) is 0 Å². The Morgan fingerprint density at radius 1 is 0.435 bits per heavy atom. The fraction of sp³-hybridized carbons (Fsp3) is 0.927. The van der Waals surface area contributed by atoms with E-state index in [1.165, 1.54) is 180 Å². The predicted molar refractivity (Wildman–Crippen MR) is 277 cm³/mol. The van der Waals surface area contributed by atoms with Crippen LogP contribution in [0.2, 0.25) is 0 Å². The normalized spacial score (nSPS) is 20.9. The number of phosphoric acid groups is 1. The number of allylic oxidation sites excluding steroid dienone is 2. The molecule has 69 heavy (non-hydrogen) atoms. The SMILES string of the molecule is CCCCCC/C=C/CCCCCCCCCCCC(=O)O[C@@H](COC(=O)CCCCCCCCCCCCCCCCCCCCCCCCC)COP(=O)(O)OC1C(O)C(O)C(O)[C@H](O)C1O. The summed E-state index contributed by atoms with van der Waals surface area (Å²) in [5.41, 5.74) is 0. The van der Waals surface area contributed by atoms with Crippen LogP contribution in [0, 0.1) is 0 Å². The number of unbranched alkanes of at least 4 members (excludes halogenated alkanes) is 35. The van der Waals surface area contributed by atoms with Gasteiger partial charge in [-0.1, -0.05) is 231 Å². The first-order valence-electron chi connectivity index (χ1n) is 28.5. The van der Waals surface area contributed by atoms with E-state index in [1.54, 1.807) is 0 Å². The quantitative estimate of drug-likeness (QED) is 0.0145. The molecule has 0 amide bonds. The Labute approximate surface area is 420 Å². The number of hydrogen-bond acceptors (Lipinski definition) is 12. The first kappa shape index (κ1) is 65.6. The van der Waals surface area contributed by atoms with Gasteiger partial charge in [-0.3, -0.25) is 18.6 Å². The van der Waals surface area contributed by atoms with Gasteiger partial charge in [-0.2, -0.15) is 0 Å². The largest absolute Gasteiger partial charge is 0.472 e. The monoisotopic (exact) mass is 1000 g/mol. The number of carbonyl (C=O) groups is 2. The zero-order valence-electron chi connectivity index (χ0n) is 43.9. The van der Waals surface area contributed by atoms with Gasteiger partial charge in [0, 0.05) is 12.8 Å². The van der Waals surface area contributed by atoms with Crippen LogP contribution in [0.3, 0.4) is 0 Å². The Kier molecular flexibility index (Phi) is 43.0. The van der Waals surface area contributed by atoms with Crippen LogP contribution in [0.4, 0.5) is 0 Å². The van der Waals surface area contributed by atoms with Gasteiger partial charge in [0.25, 0.3) is 0 Å². The lowest BCUT2D eigenvalue weighted by atomic mass is 9.85. The average molecular weight is 1010 g/mol. The molecule has 1 aliphatic carbocycles. The maximum Gasteiger partial charge on any atom is 0.472 e. The van der Waals surface area contributed by atoms with Crippen molar-refractivity contribution in [1.82, 2.24) is 0 Å². The van der Waals surface area contributed by atoms with Crippen LogP contribution in [-0.2, 0) is 32.7 Å². The predicted octanol–water partition coefficient (Wildman–Crippen LogP) is 13.0. The van der Waals surface area contributed by atoms with Crippen molar-refractivity contribution in [3.8, 4) is 0 Å². The highest BCUT2D eigenvalue weighted by Gasteiger charge is 2.51. The molecule has 14 heteroatoms. The molecule has 0 aliphatic heterocycles. The number of rotatable bonds is 49. The van der Waals surface area contributed by atoms with Crippen LogP contribution >= 0.6 is 7.82 Å². The van der Waals surface area contributed by atoms with Crippen molar-refractivity contribution in [2.75, 3.05) is 13.2 Å². The third-order valence-corrected chi connectivity index (χ3v) is 14.6. The highest BCUT2D eigenvalue weighted by atomic mass is 31.2. The lowest BCUT2D eigenvalue weighted by Crippen LogP contribution is -2.64. The molecule has 6 unspecified atom stereocenters. The molecule has 1 aliphatic rings. The van der Waals surface area contributed by atoms with Crippen LogP contribution in [0.25, 0.3) is 0 Å². The van der Waals surface area contributed by atoms with E-state index in [0.29, 0.717) is 12.8 Å². The van der Waals surface area contributed by atoms with Gasteiger partial charge >= 0.3 is 19.8 Å². The van der Waals surface area contributed by atoms with Crippen LogP contribution in [0.1, 0.15) is 271 Å². The molecule has 408 valence electrons. The van der Waals surface area contributed by atoms with Crippen molar-refractivity contribution >= 4 is 19.8 Å². The zero-order valence-corrected chi connectivity index (χ0v) is 44.8. The van der Waals surface area contributed by atoms with Crippen molar-refractivity contribution in [1.29, 1.82) is 0 Å². The van der Waals surface area contributed by atoms with E-state index in [2.05, 4.69) is 26.0 Å². The summed E-state index contributed by atoms with van der Waals surface area (Å²) in [7, 11) is -5.12. The molecule has 1 rings (SSSR count). The first-order valence-corrected chi connectivity index (χ1v) is 30.0. The molecule has 8 atom stereocenters.